The van der Waals surface area contributed by atoms with Crippen LogP contribution in [-0.4, -0.2) is 41.6 Å². The van der Waals surface area contributed by atoms with Crippen LogP contribution in [0.15, 0.2) is 34.6 Å². The van der Waals surface area contributed by atoms with E-state index in [9.17, 15) is 9.59 Å². The van der Waals surface area contributed by atoms with Gasteiger partial charge in [0.25, 0.3) is 0 Å². The van der Waals surface area contributed by atoms with Crippen molar-refractivity contribution in [1.29, 1.82) is 0 Å². The minimum Gasteiger partial charge on any atom is -0.341 e. The van der Waals surface area contributed by atoms with Gasteiger partial charge in [0.15, 0.2) is 5.65 Å². The van der Waals surface area contributed by atoms with E-state index in [1.807, 2.05) is 0 Å². The van der Waals surface area contributed by atoms with Crippen LogP contribution in [0.25, 0.3) is 11.2 Å². The SMILES string of the molecule is O=C(CSc1nc(=O)[nH]c2nc[nH]c12)Nc1ncccn1. The van der Waals surface area contributed by atoms with Crippen LogP contribution in [0.3, 0.4) is 0 Å². The van der Waals surface area contributed by atoms with E-state index in [-0.39, 0.29) is 17.6 Å². The van der Waals surface area contributed by atoms with E-state index in [2.05, 4.69) is 35.2 Å². The molecule has 0 aliphatic heterocycles. The van der Waals surface area contributed by atoms with Gasteiger partial charge in [-0.1, -0.05) is 11.8 Å². The number of H-pyrrole nitrogens is 2. The number of thioether (sulfide) groups is 1. The van der Waals surface area contributed by atoms with Crippen molar-refractivity contribution < 1.29 is 4.79 Å². The van der Waals surface area contributed by atoms with Crippen LogP contribution in [0.2, 0.25) is 0 Å². The highest BCUT2D eigenvalue weighted by Crippen LogP contribution is 2.20. The molecule has 1 amide bonds. The van der Waals surface area contributed by atoms with Gasteiger partial charge in [-0.2, -0.15) is 4.98 Å². The number of anilines is 1. The van der Waals surface area contributed by atoms with Crippen molar-refractivity contribution in [1.82, 2.24) is 29.9 Å². The molecule has 3 N–H and O–H groups in total. The molecule has 0 radical (unpaired) electrons. The van der Waals surface area contributed by atoms with Gasteiger partial charge in [0.05, 0.1) is 12.1 Å². The van der Waals surface area contributed by atoms with Crippen molar-refractivity contribution >= 4 is 34.8 Å². The van der Waals surface area contributed by atoms with Gasteiger partial charge < -0.3 is 4.98 Å². The number of aromatic nitrogens is 6. The van der Waals surface area contributed by atoms with Gasteiger partial charge in [-0.05, 0) is 6.07 Å². The smallest absolute Gasteiger partial charge is 0.341 e. The van der Waals surface area contributed by atoms with Crippen LogP contribution in [0.1, 0.15) is 0 Å². The third-order valence-electron chi connectivity index (χ3n) is 2.44. The molecule has 3 rings (SSSR count). The summed E-state index contributed by atoms with van der Waals surface area (Å²) >= 11 is 1.13. The van der Waals surface area contributed by atoms with Crippen LogP contribution in [-0.2, 0) is 4.79 Å². The van der Waals surface area contributed by atoms with Gasteiger partial charge >= 0.3 is 5.69 Å². The summed E-state index contributed by atoms with van der Waals surface area (Å²) in [6.45, 7) is 0. The number of fused-ring (bicyclic) bond motifs is 1. The summed E-state index contributed by atoms with van der Waals surface area (Å²) < 4.78 is 0. The van der Waals surface area contributed by atoms with Crippen LogP contribution in [0.4, 0.5) is 5.95 Å². The number of carbonyl (C=O) groups excluding carboxylic acids is 1. The third-order valence-corrected chi connectivity index (χ3v) is 3.41. The Hall–Kier alpha value is -2.75. The van der Waals surface area contributed by atoms with Crippen LogP contribution in [0, 0.1) is 0 Å². The van der Waals surface area contributed by atoms with E-state index in [1.54, 1.807) is 6.07 Å². The standard InChI is InChI=1S/C11H9N7O2S/c19-6(16-10-12-2-1-3-13-10)4-21-9-7-8(15-5-14-7)17-11(20)18-9/h1-3,5H,4H2,(H,12,13,16,19)(H2,14,15,17,18,20). The minimum atomic E-state index is -0.510. The molecule has 0 aromatic carbocycles. The maximum atomic E-state index is 11.8. The van der Waals surface area contributed by atoms with E-state index < -0.39 is 5.69 Å². The Bertz CT molecular complexity index is 829. The lowest BCUT2D eigenvalue weighted by Gasteiger charge is -2.03. The highest BCUT2D eigenvalue weighted by molar-refractivity contribution is 8.00. The van der Waals surface area contributed by atoms with Crippen LogP contribution >= 0.6 is 11.8 Å². The van der Waals surface area contributed by atoms with Crippen LogP contribution in [0.5, 0.6) is 0 Å². The summed E-state index contributed by atoms with van der Waals surface area (Å²) in [4.78, 5) is 44.1. The molecule has 21 heavy (non-hydrogen) atoms. The maximum absolute atomic E-state index is 11.8. The first-order valence-electron chi connectivity index (χ1n) is 5.85. The molecular formula is C11H9N7O2S. The highest BCUT2D eigenvalue weighted by Gasteiger charge is 2.11. The molecule has 0 atom stereocenters. The van der Waals surface area contributed by atoms with Gasteiger partial charge in [0.2, 0.25) is 11.9 Å². The van der Waals surface area contributed by atoms with E-state index in [0.29, 0.717) is 16.2 Å². The molecular weight excluding hydrogens is 294 g/mol. The lowest BCUT2D eigenvalue weighted by atomic mass is 10.6. The first kappa shape index (κ1) is 13.2. The maximum Gasteiger partial charge on any atom is 0.347 e. The number of nitrogens with zero attached hydrogens (tertiary/aromatic N) is 4. The first-order chi connectivity index (χ1) is 10.2. The first-order valence-corrected chi connectivity index (χ1v) is 6.84. The third kappa shape index (κ3) is 3.05. The van der Waals surface area contributed by atoms with Crippen molar-refractivity contribution in [2.75, 3.05) is 11.1 Å². The van der Waals surface area contributed by atoms with Crippen molar-refractivity contribution in [3.8, 4) is 0 Å². The fraction of sp³-hybridized carbons (Fsp3) is 0.0909. The van der Waals surface area contributed by atoms with E-state index in [1.165, 1.54) is 18.7 Å². The Labute approximate surface area is 121 Å². The normalized spacial score (nSPS) is 10.7. The van der Waals surface area contributed by atoms with Crippen molar-refractivity contribution in [2.24, 2.45) is 0 Å². The van der Waals surface area contributed by atoms with Crippen molar-refractivity contribution in [3.05, 3.63) is 35.3 Å². The monoisotopic (exact) mass is 303 g/mol. The second kappa shape index (κ2) is 5.71. The zero-order valence-corrected chi connectivity index (χ0v) is 11.3. The van der Waals surface area contributed by atoms with E-state index in [4.69, 9.17) is 0 Å². The van der Waals surface area contributed by atoms with Crippen LogP contribution < -0.4 is 11.0 Å². The number of amides is 1. The van der Waals surface area contributed by atoms with Gasteiger partial charge in [-0.3, -0.25) is 15.1 Å². The predicted octanol–water partition coefficient (Wildman–Crippen LogP) is 0.167. The number of imidazole rings is 1. The topological polar surface area (TPSA) is 129 Å². The largest absolute Gasteiger partial charge is 0.347 e. The van der Waals surface area contributed by atoms with Crippen molar-refractivity contribution in [2.45, 2.75) is 5.03 Å². The summed E-state index contributed by atoms with van der Waals surface area (Å²) in [5.74, 6) is 0.0117. The molecule has 0 aliphatic carbocycles. The summed E-state index contributed by atoms with van der Waals surface area (Å²) in [5, 5.41) is 2.96. The number of hydrogen-bond donors (Lipinski definition) is 3. The highest BCUT2D eigenvalue weighted by atomic mass is 32.2. The Balaban J connectivity index is 1.70. The molecule has 10 heteroatoms. The Morgan fingerprint density at radius 1 is 1.29 bits per heavy atom. The molecule has 0 saturated carbocycles. The zero-order valence-electron chi connectivity index (χ0n) is 10.5. The number of carbonyl (C=O) groups is 1. The quantitative estimate of drug-likeness (QED) is 0.462. The number of rotatable bonds is 4. The Morgan fingerprint density at radius 3 is 2.90 bits per heavy atom. The second-order valence-corrected chi connectivity index (χ2v) is 4.85. The van der Waals surface area contributed by atoms with E-state index in [0.717, 1.165) is 11.8 Å². The summed E-state index contributed by atoms with van der Waals surface area (Å²) in [5.41, 5.74) is 0.483. The lowest BCUT2D eigenvalue weighted by Crippen LogP contribution is -2.17. The minimum absolute atomic E-state index is 0.0722. The van der Waals surface area contributed by atoms with Gasteiger partial charge in [0, 0.05) is 12.4 Å². The van der Waals surface area contributed by atoms with Gasteiger partial charge in [0.1, 0.15) is 10.5 Å². The molecule has 3 aromatic heterocycles. The zero-order chi connectivity index (χ0) is 14.7. The average Bonchev–Trinajstić information content (AvgIpc) is 2.94. The van der Waals surface area contributed by atoms with E-state index >= 15 is 0 Å². The summed E-state index contributed by atoms with van der Waals surface area (Å²) in [6, 6.07) is 1.65. The predicted molar refractivity (Wildman–Crippen MR) is 75.9 cm³/mol. The number of nitrogens with one attached hydrogen (secondary N) is 3. The lowest BCUT2D eigenvalue weighted by molar-refractivity contribution is -0.113. The molecule has 0 fully saturated rings. The molecule has 106 valence electrons. The fourth-order valence-electron chi connectivity index (χ4n) is 1.59. The van der Waals surface area contributed by atoms with Gasteiger partial charge in [-0.25, -0.2) is 19.7 Å². The second-order valence-electron chi connectivity index (χ2n) is 3.88. The molecule has 0 bridgehead atoms. The molecule has 0 aliphatic rings. The Kier molecular flexibility index (Phi) is 3.60. The summed E-state index contributed by atoms with van der Waals surface area (Å²) in [7, 11) is 0. The molecule has 0 spiro atoms. The Morgan fingerprint density at radius 2 is 2.10 bits per heavy atom. The summed E-state index contributed by atoms with van der Waals surface area (Å²) in [6.07, 6.45) is 4.51. The average molecular weight is 303 g/mol. The fourth-order valence-corrected chi connectivity index (χ4v) is 2.38. The molecule has 9 nitrogen and oxygen atoms in total. The molecule has 0 saturated heterocycles. The molecule has 3 heterocycles. The number of aromatic amines is 2. The molecule has 3 aromatic rings. The molecule has 0 unspecified atom stereocenters. The van der Waals surface area contributed by atoms with Gasteiger partial charge in [-0.15, -0.1) is 0 Å². The van der Waals surface area contributed by atoms with Crippen molar-refractivity contribution in [3.63, 3.8) is 0 Å². The number of hydrogen-bond acceptors (Lipinski definition) is 7.